The van der Waals surface area contributed by atoms with Gasteiger partial charge in [-0.3, -0.25) is 4.68 Å². The van der Waals surface area contributed by atoms with Crippen molar-refractivity contribution in [2.45, 2.75) is 26.0 Å². The number of nitrogens with one attached hydrogen (secondary N) is 1. The van der Waals surface area contributed by atoms with Gasteiger partial charge < -0.3 is 5.11 Å². The Balaban J connectivity index is 2.15. The normalized spacial score (nSPS) is 12.9. The SMILES string of the molecule is CCCn1cc(C(O)c2cn[nH]n2)cn1. The van der Waals surface area contributed by atoms with Crippen molar-refractivity contribution in [2.75, 3.05) is 0 Å². The fourth-order valence-electron chi connectivity index (χ4n) is 1.39. The molecule has 1 unspecified atom stereocenters. The average Bonchev–Trinajstić information content (AvgIpc) is 2.87. The van der Waals surface area contributed by atoms with E-state index < -0.39 is 6.10 Å². The smallest absolute Gasteiger partial charge is 0.127 e. The van der Waals surface area contributed by atoms with Crippen LogP contribution in [0.1, 0.15) is 30.7 Å². The third-order valence-electron chi connectivity index (χ3n) is 2.14. The van der Waals surface area contributed by atoms with Crippen LogP contribution in [-0.4, -0.2) is 30.3 Å². The number of aromatic nitrogens is 5. The number of H-pyrrole nitrogens is 1. The summed E-state index contributed by atoms with van der Waals surface area (Å²) >= 11 is 0. The van der Waals surface area contributed by atoms with E-state index in [-0.39, 0.29) is 0 Å². The third-order valence-corrected chi connectivity index (χ3v) is 2.14. The van der Waals surface area contributed by atoms with Gasteiger partial charge in [0.05, 0.1) is 12.4 Å². The van der Waals surface area contributed by atoms with E-state index in [4.69, 9.17) is 0 Å². The Bertz CT molecular complexity index is 408. The number of rotatable bonds is 4. The number of aryl methyl sites for hydroxylation is 1. The zero-order chi connectivity index (χ0) is 10.7. The summed E-state index contributed by atoms with van der Waals surface area (Å²) in [5.41, 5.74) is 1.24. The molecule has 15 heavy (non-hydrogen) atoms. The van der Waals surface area contributed by atoms with E-state index in [2.05, 4.69) is 27.4 Å². The molecule has 0 aliphatic heterocycles. The number of nitrogens with zero attached hydrogens (tertiary/aromatic N) is 4. The van der Waals surface area contributed by atoms with Gasteiger partial charge in [0, 0.05) is 18.3 Å². The second-order valence-electron chi connectivity index (χ2n) is 3.33. The molecule has 0 saturated carbocycles. The fourth-order valence-corrected chi connectivity index (χ4v) is 1.39. The van der Waals surface area contributed by atoms with Gasteiger partial charge in [-0.1, -0.05) is 6.92 Å². The Labute approximate surface area is 86.9 Å². The highest BCUT2D eigenvalue weighted by Crippen LogP contribution is 2.18. The van der Waals surface area contributed by atoms with Crippen LogP contribution in [0.3, 0.4) is 0 Å². The number of aliphatic hydroxyl groups excluding tert-OH is 1. The van der Waals surface area contributed by atoms with E-state index in [1.54, 1.807) is 10.9 Å². The van der Waals surface area contributed by atoms with E-state index in [1.807, 2.05) is 6.20 Å². The van der Waals surface area contributed by atoms with Crippen molar-refractivity contribution >= 4 is 0 Å². The summed E-state index contributed by atoms with van der Waals surface area (Å²) in [6, 6.07) is 0. The molecule has 2 rings (SSSR count). The van der Waals surface area contributed by atoms with Crippen LogP contribution in [-0.2, 0) is 6.54 Å². The van der Waals surface area contributed by atoms with Gasteiger partial charge in [-0.15, -0.1) is 0 Å². The molecule has 1 atom stereocenters. The van der Waals surface area contributed by atoms with Crippen molar-refractivity contribution in [2.24, 2.45) is 0 Å². The molecule has 0 spiro atoms. The maximum atomic E-state index is 9.89. The van der Waals surface area contributed by atoms with Gasteiger partial charge in [-0.05, 0) is 6.42 Å². The lowest BCUT2D eigenvalue weighted by atomic mass is 10.1. The largest absolute Gasteiger partial charge is 0.382 e. The van der Waals surface area contributed by atoms with Crippen LogP contribution in [0.5, 0.6) is 0 Å². The molecule has 0 bridgehead atoms. The maximum Gasteiger partial charge on any atom is 0.127 e. The van der Waals surface area contributed by atoms with Crippen LogP contribution >= 0.6 is 0 Å². The molecule has 2 aromatic heterocycles. The molecule has 0 aliphatic carbocycles. The minimum absolute atomic E-state index is 0.506. The van der Waals surface area contributed by atoms with E-state index in [9.17, 15) is 5.11 Å². The first-order valence-corrected chi connectivity index (χ1v) is 4.87. The Morgan fingerprint density at radius 1 is 1.53 bits per heavy atom. The fraction of sp³-hybridized carbons (Fsp3) is 0.444. The third kappa shape index (κ3) is 2.04. The summed E-state index contributed by atoms with van der Waals surface area (Å²) < 4.78 is 1.80. The van der Waals surface area contributed by atoms with Crippen LogP contribution in [0.25, 0.3) is 0 Å². The van der Waals surface area contributed by atoms with Gasteiger partial charge in [-0.25, -0.2) is 0 Å². The summed E-state index contributed by atoms with van der Waals surface area (Å²) in [7, 11) is 0. The van der Waals surface area contributed by atoms with Crippen LogP contribution in [0, 0.1) is 0 Å². The average molecular weight is 207 g/mol. The number of hydrogen-bond donors (Lipinski definition) is 2. The van der Waals surface area contributed by atoms with Crippen molar-refractivity contribution in [1.29, 1.82) is 0 Å². The predicted octanol–water partition coefficient (Wildman–Crippen LogP) is 0.493. The van der Waals surface area contributed by atoms with Crippen molar-refractivity contribution < 1.29 is 5.11 Å². The van der Waals surface area contributed by atoms with Gasteiger partial charge in [0.15, 0.2) is 0 Å². The minimum Gasteiger partial charge on any atom is -0.382 e. The Morgan fingerprint density at radius 2 is 2.40 bits per heavy atom. The first-order chi connectivity index (χ1) is 7.31. The molecular formula is C9H13N5O. The summed E-state index contributed by atoms with van der Waals surface area (Å²) in [4.78, 5) is 0. The summed E-state index contributed by atoms with van der Waals surface area (Å²) in [6.07, 6.45) is 5.23. The van der Waals surface area contributed by atoms with Crippen LogP contribution in [0.4, 0.5) is 0 Å². The molecule has 2 heterocycles. The lowest BCUT2D eigenvalue weighted by Crippen LogP contribution is -1.99. The van der Waals surface area contributed by atoms with Crippen molar-refractivity contribution in [3.63, 3.8) is 0 Å². The maximum absolute atomic E-state index is 9.89. The first kappa shape index (κ1) is 9.85. The number of aliphatic hydroxyl groups is 1. The van der Waals surface area contributed by atoms with Gasteiger partial charge in [-0.2, -0.15) is 20.5 Å². The van der Waals surface area contributed by atoms with Crippen molar-refractivity contribution in [3.8, 4) is 0 Å². The van der Waals surface area contributed by atoms with Gasteiger partial charge in [0.25, 0.3) is 0 Å². The lowest BCUT2D eigenvalue weighted by molar-refractivity contribution is 0.215. The minimum atomic E-state index is -0.755. The first-order valence-electron chi connectivity index (χ1n) is 4.87. The Kier molecular flexibility index (Phi) is 2.77. The van der Waals surface area contributed by atoms with E-state index in [1.165, 1.54) is 6.20 Å². The molecular weight excluding hydrogens is 194 g/mol. The molecule has 2 N–H and O–H groups in total. The Hall–Kier alpha value is -1.69. The molecule has 0 saturated heterocycles. The van der Waals surface area contributed by atoms with E-state index in [0.29, 0.717) is 5.69 Å². The summed E-state index contributed by atoms with van der Waals surface area (Å²) in [6.45, 7) is 2.93. The molecule has 0 amide bonds. The lowest BCUT2D eigenvalue weighted by Gasteiger charge is -2.02. The standard InChI is InChI=1S/C9H13N5O/c1-2-3-14-6-7(4-11-14)9(15)8-5-10-13-12-8/h4-6,9,15H,2-3H2,1H3,(H,10,12,13). The number of hydrogen-bond acceptors (Lipinski definition) is 4. The highest BCUT2D eigenvalue weighted by Gasteiger charge is 2.14. The van der Waals surface area contributed by atoms with Crippen LogP contribution in [0.2, 0.25) is 0 Å². The van der Waals surface area contributed by atoms with E-state index >= 15 is 0 Å². The number of aromatic amines is 1. The monoisotopic (exact) mass is 207 g/mol. The molecule has 2 aromatic rings. The zero-order valence-corrected chi connectivity index (χ0v) is 8.46. The second-order valence-corrected chi connectivity index (χ2v) is 3.33. The molecule has 0 aromatic carbocycles. The zero-order valence-electron chi connectivity index (χ0n) is 8.46. The molecule has 0 fully saturated rings. The topological polar surface area (TPSA) is 79.6 Å². The van der Waals surface area contributed by atoms with Gasteiger partial charge >= 0.3 is 0 Å². The Morgan fingerprint density at radius 3 is 3.07 bits per heavy atom. The van der Waals surface area contributed by atoms with Crippen molar-refractivity contribution in [3.05, 3.63) is 29.8 Å². The van der Waals surface area contributed by atoms with Gasteiger partial charge in [0.1, 0.15) is 11.8 Å². The van der Waals surface area contributed by atoms with E-state index in [0.717, 1.165) is 18.5 Å². The summed E-state index contributed by atoms with van der Waals surface area (Å²) in [5, 5.41) is 24.0. The quantitative estimate of drug-likeness (QED) is 0.764. The molecule has 6 nitrogen and oxygen atoms in total. The van der Waals surface area contributed by atoms with Gasteiger partial charge in [0.2, 0.25) is 0 Å². The molecule has 80 valence electrons. The molecule has 0 radical (unpaired) electrons. The van der Waals surface area contributed by atoms with Crippen LogP contribution in [0.15, 0.2) is 18.6 Å². The van der Waals surface area contributed by atoms with Crippen LogP contribution < -0.4 is 0 Å². The highest BCUT2D eigenvalue weighted by atomic mass is 16.3. The second kappa shape index (κ2) is 4.22. The highest BCUT2D eigenvalue weighted by molar-refractivity contribution is 5.18. The predicted molar refractivity (Wildman–Crippen MR) is 53.0 cm³/mol. The van der Waals surface area contributed by atoms with Crippen molar-refractivity contribution in [1.82, 2.24) is 25.2 Å². The summed E-state index contributed by atoms with van der Waals surface area (Å²) in [5.74, 6) is 0. The molecule has 0 aliphatic rings. The molecule has 6 heteroatoms.